The van der Waals surface area contributed by atoms with Gasteiger partial charge in [-0.2, -0.15) is 0 Å². The lowest BCUT2D eigenvalue weighted by atomic mass is 10.3. The van der Waals surface area contributed by atoms with Crippen LogP contribution in [0.3, 0.4) is 0 Å². The van der Waals surface area contributed by atoms with Crippen molar-refractivity contribution in [1.29, 1.82) is 0 Å². The topological polar surface area (TPSA) is 71.3 Å². The quantitative estimate of drug-likeness (QED) is 0.662. The molecule has 2 amide bonds. The van der Waals surface area contributed by atoms with Gasteiger partial charge in [0.25, 0.3) is 5.91 Å². The maximum absolute atomic E-state index is 13.8. The van der Waals surface area contributed by atoms with Gasteiger partial charge in [-0.1, -0.05) is 12.1 Å². The Morgan fingerprint density at radius 2 is 2.03 bits per heavy atom. The van der Waals surface area contributed by atoms with E-state index in [-0.39, 0.29) is 24.2 Å². The summed E-state index contributed by atoms with van der Waals surface area (Å²) in [4.78, 5) is 34.0. The molecule has 3 aromatic rings. The van der Waals surface area contributed by atoms with Crippen molar-refractivity contribution in [3.63, 3.8) is 0 Å². The Labute approximate surface area is 170 Å². The summed E-state index contributed by atoms with van der Waals surface area (Å²) < 4.78 is 15.2. The number of aromatic nitrogens is 3. The van der Waals surface area contributed by atoms with E-state index in [1.807, 2.05) is 22.4 Å². The SMILES string of the molecule is O=C(c1nc(-c2cccs2)n(-c2cccc(F)c2)n1)N1CCN(C2CC2)C(=O)C1. The fourth-order valence-electron chi connectivity index (χ4n) is 3.53. The van der Waals surface area contributed by atoms with E-state index in [1.165, 1.54) is 33.1 Å². The molecule has 0 bridgehead atoms. The fourth-order valence-corrected chi connectivity index (χ4v) is 4.23. The van der Waals surface area contributed by atoms with Crippen molar-refractivity contribution in [2.24, 2.45) is 0 Å². The Kier molecular flexibility index (Phi) is 4.39. The average Bonchev–Trinajstić information content (AvgIpc) is 3.23. The molecule has 7 nitrogen and oxygen atoms in total. The van der Waals surface area contributed by atoms with Gasteiger partial charge in [0, 0.05) is 19.1 Å². The van der Waals surface area contributed by atoms with E-state index >= 15 is 0 Å². The second-order valence-corrected chi connectivity index (χ2v) is 8.12. The van der Waals surface area contributed by atoms with E-state index in [2.05, 4.69) is 10.1 Å². The van der Waals surface area contributed by atoms with Crippen LogP contribution in [0.2, 0.25) is 0 Å². The van der Waals surface area contributed by atoms with Gasteiger partial charge >= 0.3 is 0 Å². The number of hydrogen-bond acceptors (Lipinski definition) is 5. The lowest BCUT2D eigenvalue weighted by Gasteiger charge is -2.33. The summed E-state index contributed by atoms with van der Waals surface area (Å²) in [6.07, 6.45) is 2.09. The van der Waals surface area contributed by atoms with Crippen LogP contribution in [-0.4, -0.2) is 62.1 Å². The minimum Gasteiger partial charge on any atom is -0.336 e. The summed E-state index contributed by atoms with van der Waals surface area (Å²) >= 11 is 1.46. The number of rotatable bonds is 4. The molecule has 148 valence electrons. The molecule has 1 saturated heterocycles. The molecule has 2 aromatic heterocycles. The number of carbonyl (C=O) groups is 2. The normalized spacial score (nSPS) is 17.1. The molecule has 0 radical (unpaired) electrons. The molecule has 2 aliphatic rings. The summed E-state index contributed by atoms with van der Waals surface area (Å²) in [5, 5.41) is 6.27. The lowest BCUT2D eigenvalue weighted by Crippen LogP contribution is -2.53. The van der Waals surface area contributed by atoms with Crippen LogP contribution in [-0.2, 0) is 4.79 Å². The largest absolute Gasteiger partial charge is 0.336 e. The van der Waals surface area contributed by atoms with Gasteiger partial charge in [0.05, 0.1) is 10.6 Å². The molecule has 0 N–H and O–H groups in total. The average molecular weight is 411 g/mol. The Hall–Kier alpha value is -3.07. The first-order valence-electron chi connectivity index (χ1n) is 9.46. The highest BCUT2D eigenvalue weighted by molar-refractivity contribution is 7.13. The third-order valence-electron chi connectivity index (χ3n) is 5.12. The van der Waals surface area contributed by atoms with Crippen LogP contribution in [0.1, 0.15) is 23.5 Å². The van der Waals surface area contributed by atoms with E-state index in [1.54, 1.807) is 12.1 Å². The predicted octanol–water partition coefficient (Wildman–Crippen LogP) is 2.58. The maximum Gasteiger partial charge on any atom is 0.294 e. The molecule has 9 heteroatoms. The van der Waals surface area contributed by atoms with Crippen molar-refractivity contribution in [3.05, 3.63) is 53.4 Å². The van der Waals surface area contributed by atoms with Crippen molar-refractivity contribution in [2.45, 2.75) is 18.9 Å². The first-order valence-corrected chi connectivity index (χ1v) is 10.3. The van der Waals surface area contributed by atoms with Crippen LogP contribution in [0.15, 0.2) is 41.8 Å². The first-order chi connectivity index (χ1) is 14.1. The van der Waals surface area contributed by atoms with Crippen molar-refractivity contribution in [1.82, 2.24) is 24.6 Å². The van der Waals surface area contributed by atoms with Crippen molar-refractivity contribution in [3.8, 4) is 16.4 Å². The number of nitrogens with zero attached hydrogens (tertiary/aromatic N) is 5. The molecule has 0 spiro atoms. The molecule has 3 heterocycles. The van der Waals surface area contributed by atoms with Crippen LogP contribution in [0.4, 0.5) is 4.39 Å². The molecule has 1 aliphatic heterocycles. The number of carbonyl (C=O) groups excluding carboxylic acids is 2. The van der Waals surface area contributed by atoms with Crippen molar-refractivity contribution in [2.75, 3.05) is 19.6 Å². The zero-order valence-electron chi connectivity index (χ0n) is 15.5. The Balaban J connectivity index is 1.47. The van der Waals surface area contributed by atoms with Crippen molar-refractivity contribution >= 4 is 23.2 Å². The van der Waals surface area contributed by atoms with Gasteiger partial charge in [0.15, 0.2) is 5.82 Å². The van der Waals surface area contributed by atoms with Gasteiger partial charge in [-0.25, -0.2) is 14.1 Å². The third kappa shape index (κ3) is 3.42. The molecular formula is C20H18FN5O2S. The highest BCUT2D eigenvalue weighted by atomic mass is 32.1. The van der Waals surface area contributed by atoms with Crippen LogP contribution in [0.25, 0.3) is 16.4 Å². The van der Waals surface area contributed by atoms with Crippen molar-refractivity contribution < 1.29 is 14.0 Å². The molecule has 1 aliphatic carbocycles. The zero-order chi connectivity index (χ0) is 20.0. The maximum atomic E-state index is 13.8. The summed E-state index contributed by atoms with van der Waals surface area (Å²) in [6.45, 7) is 1.04. The fraction of sp³-hybridized carbons (Fsp3) is 0.300. The molecule has 0 atom stereocenters. The van der Waals surface area contributed by atoms with Gasteiger partial charge in [-0.15, -0.1) is 16.4 Å². The lowest BCUT2D eigenvalue weighted by molar-refractivity contribution is -0.135. The summed E-state index contributed by atoms with van der Waals surface area (Å²) in [6, 6.07) is 10.1. The van der Waals surface area contributed by atoms with Crippen LogP contribution in [0, 0.1) is 5.82 Å². The number of thiophene rings is 1. The molecule has 2 fully saturated rings. The molecule has 29 heavy (non-hydrogen) atoms. The summed E-state index contributed by atoms with van der Waals surface area (Å²) in [5.41, 5.74) is 0.481. The van der Waals surface area contributed by atoms with Gasteiger partial charge in [0.2, 0.25) is 11.7 Å². The second-order valence-electron chi connectivity index (χ2n) is 7.17. The van der Waals surface area contributed by atoms with E-state index < -0.39 is 5.82 Å². The van der Waals surface area contributed by atoms with Crippen LogP contribution >= 0.6 is 11.3 Å². The zero-order valence-corrected chi connectivity index (χ0v) is 16.3. The molecule has 0 unspecified atom stereocenters. The minimum absolute atomic E-state index is 0.00494. The van der Waals surface area contributed by atoms with E-state index in [0.717, 1.165) is 17.7 Å². The van der Waals surface area contributed by atoms with Gasteiger partial charge < -0.3 is 9.80 Å². The predicted molar refractivity (Wildman–Crippen MR) is 105 cm³/mol. The third-order valence-corrected chi connectivity index (χ3v) is 5.99. The summed E-state index contributed by atoms with van der Waals surface area (Å²) in [7, 11) is 0. The number of piperazine rings is 1. The highest BCUT2D eigenvalue weighted by Gasteiger charge is 2.37. The first kappa shape index (κ1) is 18.0. The number of halogens is 1. The van der Waals surface area contributed by atoms with E-state index in [0.29, 0.717) is 30.6 Å². The monoisotopic (exact) mass is 411 g/mol. The van der Waals surface area contributed by atoms with Gasteiger partial charge in [0.1, 0.15) is 12.4 Å². The minimum atomic E-state index is -0.398. The van der Waals surface area contributed by atoms with Gasteiger partial charge in [-0.3, -0.25) is 9.59 Å². The Bertz CT molecular complexity index is 1080. The number of amides is 2. The summed E-state index contributed by atoms with van der Waals surface area (Å²) in [5.74, 6) is -0.344. The van der Waals surface area contributed by atoms with Crippen LogP contribution in [0.5, 0.6) is 0 Å². The highest BCUT2D eigenvalue weighted by Crippen LogP contribution is 2.29. The van der Waals surface area contributed by atoms with Crippen LogP contribution < -0.4 is 0 Å². The second kappa shape index (κ2) is 7.07. The standard InChI is InChI=1S/C20H18FN5O2S/c21-13-3-1-4-15(11-13)26-19(16-5-2-10-29-16)22-18(23-26)20(28)24-8-9-25(14-6-7-14)17(27)12-24/h1-5,10-11,14H,6-9,12H2. The van der Waals surface area contributed by atoms with E-state index in [9.17, 15) is 14.0 Å². The molecule has 1 aromatic carbocycles. The van der Waals surface area contributed by atoms with Gasteiger partial charge in [-0.05, 0) is 42.5 Å². The number of hydrogen-bond donors (Lipinski definition) is 0. The smallest absolute Gasteiger partial charge is 0.294 e. The number of benzene rings is 1. The Morgan fingerprint density at radius 1 is 1.17 bits per heavy atom. The van der Waals surface area contributed by atoms with E-state index in [4.69, 9.17) is 0 Å². The molecule has 5 rings (SSSR count). The Morgan fingerprint density at radius 3 is 2.72 bits per heavy atom. The molecular weight excluding hydrogens is 393 g/mol. The molecule has 1 saturated carbocycles.